The van der Waals surface area contributed by atoms with Crippen LogP contribution in [0.4, 0.5) is 0 Å². The summed E-state index contributed by atoms with van der Waals surface area (Å²) in [5, 5.41) is 3.45. The molecular weight excluding hydrogens is 194 g/mol. The molecule has 1 rings (SSSR count). The Morgan fingerprint density at radius 1 is 1.38 bits per heavy atom. The summed E-state index contributed by atoms with van der Waals surface area (Å²) in [5.74, 6) is 5.94. The molecule has 0 amide bonds. The molecule has 16 heavy (non-hydrogen) atoms. The number of benzene rings is 1. The van der Waals surface area contributed by atoms with Crippen molar-refractivity contribution in [2.24, 2.45) is 0 Å². The van der Waals surface area contributed by atoms with Crippen LogP contribution in [-0.4, -0.2) is 6.54 Å². The van der Waals surface area contributed by atoms with Crippen molar-refractivity contribution in [3.63, 3.8) is 0 Å². The summed E-state index contributed by atoms with van der Waals surface area (Å²) in [4.78, 5) is 0. The number of rotatable bonds is 6. The van der Waals surface area contributed by atoms with Crippen molar-refractivity contribution in [3.05, 3.63) is 48.6 Å². The van der Waals surface area contributed by atoms with E-state index in [4.69, 9.17) is 0 Å². The molecule has 1 heteroatoms. The van der Waals surface area contributed by atoms with Gasteiger partial charge in [0.05, 0.1) is 6.54 Å². The van der Waals surface area contributed by atoms with E-state index in [2.05, 4.69) is 48.0 Å². The van der Waals surface area contributed by atoms with Gasteiger partial charge in [-0.15, -0.1) is 12.5 Å². The zero-order valence-electron chi connectivity index (χ0n) is 9.87. The summed E-state index contributed by atoms with van der Waals surface area (Å²) in [5.41, 5.74) is 1.32. The van der Waals surface area contributed by atoms with Gasteiger partial charge in [0.2, 0.25) is 0 Å². The molecule has 0 saturated heterocycles. The summed E-state index contributed by atoms with van der Waals surface area (Å²) >= 11 is 0. The van der Waals surface area contributed by atoms with Gasteiger partial charge in [0.15, 0.2) is 0 Å². The first-order chi connectivity index (χ1) is 7.88. The molecule has 0 saturated carbocycles. The maximum atomic E-state index is 3.77. The van der Waals surface area contributed by atoms with Crippen molar-refractivity contribution in [2.45, 2.75) is 25.8 Å². The van der Waals surface area contributed by atoms with Gasteiger partial charge >= 0.3 is 0 Å². The predicted molar refractivity (Wildman–Crippen MR) is 70.1 cm³/mol. The molecule has 1 aromatic rings. The molecule has 1 aromatic carbocycles. The molecule has 0 spiro atoms. The second-order valence-corrected chi connectivity index (χ2v) is 3.64. The molecule has 0 fully saturated rings. The highest BCUT2D eigenvalue weighted by molar-refractivity contribution is 5.19. The van der Waals surface area contributed by atoms with Crippen LogP contribution in [0.25, 0.3) is 0 Å². The molecule has 1 unspecified atom stereocenters. The van der Waals surface area contributed by atoms with Crippen molar-refractivity contribution in [3.8, 4) is 11.8 Å². The van der Waals surface area contributed by atoms with E-state index in [0.29, 0.717) is 6.04 Å². The largest absolute Gasteiger partial charge is 0.299 e. The van der Waals surface area contributed by atoms with Gasteiger partial charge < -0.3 is 0 Å². The molecule has 84 valence electrons. The molecule has 0 heterocycles. The predicted octanol–water partition coefficient (Wildman–Crippen LogP) is 3.31. The monoisotopic (exact) mass is 213 g/mol. The second-order valence-electron chi connectivity index (χ2n) is 3.64. The van der Waals surface area contributed by atoms with Crippen molar-refractivity contribution in [1.29, 1.82) is 0 Å². The van der Waals surface area contributed by atoms with Gasteiger partial charge in [-0.25, -0.2) is 0 Å². The summed E-state index contributed by atoms with van der Waals surface area (Å²) in [6, 6.07) is 10.9. The van der Waals surface area contributed by atoms with Crippen LogP contribution in [0.1, 0.15) is 31.4 Å². The van der Waals surface area contributed by atoms with E-state index in [9.17, 15) is 0 Å². The Hall–Kier alpha value is -1.52. The quantitative estimate of drug-likeness (QED) is 0.564. The maximum absolute atomic E-state index is 3.77. The fraction of sp³-hybridized carbons (Fsp3) is 0.333. The van der Waals surface area contributed by atoms with E-state index in [1.165, 1.54) is 5.56 Å². The lowest BCUT2D eigenvalue weighted by atomic mass is 10.0. The van der Waals surface area contributed by atoms with Gasteiger partial charge in [-0.05, 0) is 25.3 Å². The zero-order valence-corrected chi connectivity index (χ0v) is 9.87. The minimum atomic E-state index is 0.375. The van der Waals surface area contributed by atoms with Crippen LogP contribution in [0.2, 0.25) is 0 Å². The highest BCUT2D eigenvalue weighted by Gasteiger charge is 2.08. The van der Waals surface area contributed by atoms with Crippen LogP contribution < -0.4 is 5.32 Å². The first-order valence-electron chi connectivity index (χ1n) is 5.67. The molecule has 0 aromatic heterocycles. The number of allylic oxidation sites excluding steroid dienone is 1. The Labute approximate surface area is 98.6 Å². The Kier molecular flexibility index (Phi) is 6.06. The summed E-state index contributed by atoms with van der Waals surface area (Å²) in [7, 11) is 0. The molecular formula is C15H19N. The number of nitrogens with one attached hydrogen (secondary N) is 1. The molecule has 0 aliphatic heterocycles. The number of hydrogen-bond donors (Lipinski definition) is 1. The molecule has 0 aliphatic rings. The molecule has 0 aliphatic carbocycles. The highest BCUT2D eigenvalue weighted by atomic mass is 14.9. The maximum Gasteiger partial charge on any atom is 0.0581 e. The molecule has 1 atom stereocenters. The Bertz CT molecular complexity index is 356. The smallest absolute Gasteiger partial charge is 0.0581 e. The van der Waals surface area contributed by atoms with E-state index < -0.39 is 0 Å². The van der Waals surface area contributed by atoms with Gasteiger partial charge in [-0.1, -0.05) is 42.3 Å². The SMILES string of the molecule is C=CCCC(NCC#CC)c1ccccc1. The Balaban J connectivity index is 2.61. The van der Waals surface area contributed by atoms with Crippen LogP contribution >= 0.6 is 0 Å². The van der Waals surface area contributed by atoms with Gasteiger partial charge in [0.1, 0.15) is 0 Å². The number of hydrogen-bond acceptors (Lipinski definition) is 1. The van der Waals surface area contributed by atoms with Crippen molar-refractivity contribution in [1.82, 2.24) is 5.32 Å². The molecule has 1 nitrogen and oxygen atoms in total. The lowest BCUT2D eigenvalue weighted by Crippen LogP contribution is -2.21. The second kappa shape index (κ2) is 7.73. The normalized spacial score (nSPS) is 11.3. The molecule has 1 N–H and O–H groups in total. The van der Waals surface area contributed by atoms with E-state index >= 15 is 0 Å². The molecule has 0 bridgehead atoms. The summed E-state index contributed by atoms with van der Waals surface area (Å²) < 4.78 is 0. The van der Waals surface area contributed by atoms with Gasteiger partial charge in [0, 0.05) is 6.04 Å². The lowest BCUT2D eigenvalue weighted by molar-refractivity contribution is 0.536. The lowest BCUT2D eigenvalue weighted by Gasteiger charge is -2.17. The first kappa shape index (κ1) is 12.5. The highest BCUT2D eigenvalue weighted by Crippen LogP contribution is 2.17. The summed E-state index contributed by atoms with van der Waals surface area (Å²) in [6.45, 7) is 6.37. The van der Waals surface area contributed by atoms with Crippen LogP contribution in [0.15, 0.2) is 43.0 Å². The third-order valence-corrected chi connectivity index (χ3v) is 2.48. The van der Waals surface area contributed by atoms with E-state index in [0.717, 1.165) is 19.4 Å². The minimum absolute atomic E-state index is 0.375. The summed E-state index contributed by atoms with van der Waals surface area (Å²) in [6.07, 6.45) is 4.05. The minimum Gasteiger partial charge on any atom is -0.299 e. The van der Waals surface area contributed by atoms with Gasteiger partial charge in [-0.2, -0.15) is 0 Å². The van der Waals surface area contributed by atoms with Crippen LogP contribution in [-0.2, 0) is 0 Å². The third kappa shape index (κ3) is 4.33. The zero-order chi connectivity index (χ0) is 11.6. The fourth-order valence-corrected chi connectivity index (χ4v) is 1.62. The van der Waals surface area contributed by atoms with E-state index in [1.54, 1.807) is 0 Å². The van der Waals surface area contributed by atoms with Crippen LogP contribution in [0, 0.1) is 11.8 Å². The topological polar surface area (TPSA) is 12.0 Å². The van der Waals surface area contributed by atoms with E-state index in [-0.39, 0.29) is 0 Å². The fourth-order valence-electron chi connectivity index (χ4n) is 1.62. The molecule has 0 radical (unpaired) electrons. The van der Waals surface area contributed by atoms with Crippen molar-refractivity contribution in [2.75, 3.05) is 6.54 Å². The van der Waals surface area contributed by atoms with Crippen LogP contribution in [0.5, 0.6) is 0 Å². The van der Waals surface area contributed by atoms with E-state index in [1.807, 2.05) is 19.1 Å². The van der Waals surface area contributed by atoms with Gasteiger partial charge in [-0.3, -0.25) is 5.32 Å². The standard InChI is InChI=1S/C15H19N/c1-3-5-12-15(16-13-6-4-2)14-10-8-7-9-11-14/h3,7-11,15-16H,1,5,12-13H2,2H3. The average Bonchev–Trinajstić information content (AvgIpc) is 2.35. The van der Waals surface area contributed by atoms with Gasteiger partial charge in [0.25, 0.3) is 0 Å². The average molecular weight is 213 g/mol. The Morgan fingerprint density at radius 3 is 2.75 bits per heavy atom. The first-order valence-corrected chi connectivity index (χ1v) is 5.67. The van der Waals surface area contributed by atoms with Crippen molar-refractivity contribution >= 4 is 0 Å². The van der Waals surface area contributed by atoms with Crippen LogP contribution in [0.3, 0.4) is 0 Å². The van der Waals surface area contributed by atoms with Crippen molar-refractivity contribution < 1.29 is 0 Å². The third-order valence-electron chi connectivity index (χ3n) is 2.48. The Morgan fingerprint density at radius 2 is 2.12 bits per heavy atom.